The number of hydrogen-bond donors (Lipinski definition) is 3. The quantitative estimate of drug-likeness (QED) is 0.492. The number of amides is 1. The van der Waals surface area contributed by atoms with E-state index in [1.807, 2.05) is 0 Å². The maximum Gasteiger partial charge on any atom is 0.217 e. The lowest BCUT2D eigenvalue weighted by molar-refractivity contribution is -0.119. The normalized spacial score (nSPS) is 11.9. The summed E-state index contributed by atoms with van der Waals surface area (Å²) in [5.74, 6) is -0.694. The molecule has 0 heterocycles. The number of benzene rings is 1. The summed E-state index contributed by atoms with van der Waals surface area (Å²) in [4.78, 5) is 22.6. The zero-order valence-corrected chi connectivity index (χ0v) is 8.93. The number of carbonyl (C=O) groups is 2. The zero-order valence-electron chi connectivity index (χ0n) is 8.93. The number of ketones is 1. The predicted molar refractivity (Wildman–Crippen MR) is 59.9 cm³/mol. The maximum absolute atomic E-state index is 11.8. The van der Waals surface area contributed by atoms with E-state index in [0.717, 1.165) is 0 Å². The molecule has 16 heavy (non-hydrogen) atoms. The number of rotatable bonds is 4. The smallest absolute Gasteiger partial charge is 0.217 e. The van der Waals surface area contributed by atoms with E-state index >= 15 is 0 Å². The number of nitrogens with one attached hydrogen (secondary N) is 1. The fraction of sp³-hybridized carbons (Fsp3) is 0.273. The Kier molecular flexibility index (Phi) is 4.02. The van der Waals surface area contributed by atoms with Crippen LogP contribution in [0.15, 0.2) is 24.3 Å². The molecule has 0 radical (unpaired) electrons. The Morgan fingerprint density at radius 1 is 1.38 bits per heavy atom. The molecule has 86 valence electrons. The molecular weight excluding hydrogens is 208 g/mol. The van der Waals surface area contributed by atoms with Crippen molar-refractivity contribution >= 4 is 17.4 Å². The number of nitrogen functional groups attached to an aromatic ring is 1. The summed E-state index contributed by atoms with van der Waals surface area (Å²) in [6, 6.07) is 5.40. The lowest BCUT2D eigenvalue weighted by Crippen LogP contribution is -2.42. The van der Waals surface area contributed by atoms with Gasteiger partial charge in [0.15, 0.2) is 5.78 Å². The Hall–Kier alpha value is -1.88. The highest BCUT2D eigenvalue weighted by molar-refractivity contribution is 6.02. The molecule has 0 aliphatic rings. The zero-order chi connectivity index (χ0) is 12.1. The second-order valence-electron chi connectivity index (χ2n) is 3.42. The average Bonchev–Trinajstić information content (AvgIpc) is 2.25. The third kappa shape index (κ3) is 3.06. The molecule has 1 rings (SSSR count). The largest absolute Gasteiger partial charge is 0.399 e. The van der Waals surface area contributed by atoms with E-state index in [-0.39, 0.29) is 11.7 Å². The first-order valence-electron chi connectivity index (χ1n) is 4.82. The lowest BCUT2D eigenvalue weighted by Gasteiger charge is -2.13. The van der Waals surface area contributed by atoms with Crippen LogP contribution in [-0.4, -0.2) is 29.4 Å². The van der Waals surface area contributed by atoms with Crippen molar-refractivity contribution in [3.05, 3.63) is 29.8 Å². The van der Waals surface area contributed by atoms with E-state index in [0.29, 0.717) is 11.3 Å². The van der Waals surface area contributed by atoms with Gasteiger partial charge in [-0.2, -0.15) is 0 Å². The molecule has 0 aliphatic carbocycles. The molecule has 0 fully saturated rings. The molecule has 0 saturated heterocycles. The van der Waals surface area contributed by atoms with Crippen molar-refractivity contribution in [3.63, 3.8) is 0 Å². The Morgan fingerprint density at radius 2 is 1.94 bits per heavy atom. The first-order valence-corrected chi connectivity index (χ1v) is 4.82. The number of carbonyl (C=O) groups excluding carboxylic acids is 2. The molecule has 0 bridgehead atoms. The van der Waals surface area contributed by atoms with Crippen molar-refractivity contribution in [1.82, 2.24) is 5.32 Å². The first kappa shape index (κ1) is 12.2. The fourth-order valence-corrected chi connectivity index (χ4v) is 1.29. The third-order valence-corrected chi connectivity index (χ3v) is 2.07. The summed E-state index contributed by atoms with van der Waals surface area (Å²) in [6.45, 7) is 0.863. The fourth-order valence-electron chi connectivity index (χ4n) is 1.29. The molecule has 0 spiro atoms. The van der Waals surface area contributed by atoms with Gasteiger partial charge in [-0.1, -0.05) is 0 Å². The van der Waals surface area contributed by atoms with Crippen LogP contribution >= 0.6 is 0 Å². The van der Waals surface area contributed by atoms with Crippen LogP contribution < -0.4 is 11.1 Å². The van der Waals surface area contributed by atoms with Gasteiger partial charge in [0.1, 0.15) is 6.04 Å². The Balaban J connectivity index is 2.82. The topological polar surface area (TPSA) is 92.4 Å². The van der Waals surface area contributed by atoms with Crippen LogP contribution in [0.5, 0.6) is 0 Å². The Labute approximate surface area is 93.3 Å². The van der Waals surface area contributed by atoms with Crippen molar-refractivity contribution in [1.29, 1.82) is 0 Å². The molecule has 1 aromatic rings. The first-order chi connectivity index (χ1) is 7.54. The van der Waals surface area contributed by atoms with E-state index in [2.05, 4.69) is 5.32 Å². The number of hydrogen-bond acceptors (Lipinski definition) is 4. The van der Waals surface area contributed by atoms with Crippen LogP contribution in [0.1, 0.15) is 17.3 Å². The highest BCUT2D eigenvalue weighted by atomic mass is 16.3. The molecule has 5 nitrogen and oxygen atoms in total. The number of nitrogens with two attached hydrogens (primary N) is 1. The van der Waals surface area contributed by atoms with Crippen molar-refractivity contribution in [2.75, 3.05) is 12.3 Å². The summed E-state index contributed by atoms with van der Waals surface area (Å²) in [5, 5.41) is 11.4. The number of aliphatic hydroxyl groups is 1. The average molecular weight is 222 g/mol. The van der Waals surface area contributed by atoms with Gasteiger partial charge >= 0.3 is 0 Å². The van der Waals surface area contributed by atoms with Crippen LogP contribution in [0.25, 0.3) is 0 Å². The monoisotopic (exact) mass is 222 g/mol. The predicted octanol–water partition coefficient (Wildman–Crippen LogP) is -0.0515. The van der Waals surface area contributed by atoms with E-state index in [4.69, 9.17) is 10.8 Å². The highest BCUT2D eigenvalue weighted by Gasteiger charge is 2.19. The van der Waals surface area contributed by atoms with Crippen LogP contribution in [0.2, 0.25) is 0 Å². The second kappa shape index (κ2) is 5.27. The lowest BCUT2D eigenvalue weighted by atomic mass is 10.0. The molecule has 1 atom stereocenters. The minimum absolute atomic E-state index is 0.335. The van der Waals surface area contributed by atoms with Crippen LogP contribution in [-0.2, 0) is 4.79 Å². The molecule has 4 N–H and O–H groups in total. The van der Waals surface area contributed by atoms with Gasteiger partial charge < -0.3 is 16.2 Å². The van der Waals surface area contributed by atoms with Gasteiger partial charge in [-0.25, -0.2) is 0 Å². The highest BCUT2D eigenvalue weighted by Crippen LogP contribution is 2.08. The number of anilines is 1. The van der Waals surface area contributed by atoms with E-state index < -0.39 is 12.6 Å². The minimum atomic E-state index is -0.902. The van der Waals surface area contributed by atoms with Crippen LogP contribution in [0, 0.1) is 0 Å². The molecule has 0 aliphatic heterocycles. The van der Waals surface area contributed by atoms with E-state index in [1.54, 1.807) is 24.3 Å². The summed E-state index contributed by atoms with van der Waals surface area (Å²) < 4.78 is 0. The standard InChI is InChI=1S/C11H14N2O3/c1-7(15)13-10(6-14)11(16)8-2-4-9(12)5-3-8/h2-5,10,14H,6,12H2,1H3,(H,13,15)/t10-/m1/s1. The molecule has 1 amide bonds. The van der Waals surface area contributed by atoms with Crippen molar-refractivity contribution in [3.8, 4) is 0 Å². The molecule has 1 aromatic carbocycles. The van der Waals surface area contributed by atoms with Gasteiger partial charge in [-0.05, 0) is 24.3 Å². The Morgan fingerprint density at radius 3 is 2.38 bits per heavy atom. The SMILES string of the molecule is CC(=O)N[C@H](CO)C(=O)c1ccc(N)cc1. The van der Waals surface area contributed by atoms with Gasteiger partial charge in [-0.3, -0.25) is 9.59 Å². The van der Waals surface area contributed by atoms with Crippen molar-refractivity contribution < 1.29 is 14.7 Å². The van der Waals surface area contributed by atoms with Gasteiger partial charge in [0.2, 0.25) is 5.91 Å². The molecule has 0 saturated carbocycles. The van der Waals surface area contributed by atoms with Crippen LogP contribution in [0.4, 0.5) is 5.69 Å². The molecule has 0 aromatic heterocycles. The minimum Gasteiger partial charge on any atom is -0.399 e. The third-order valence-electron chi connectivity index (χ3n) is 2.07. The number of aliphatic hydroxyl groups excluding tert-OH is 1. The summed E-state index contributed by atoms with van der Waals surface area (Å²) in [5.41, 5.74) is 6.44. The molecular formula is C11H14N2O3. The second-order valence-corrected chi connectivity index (χ2v) is 3.42. The molecule has 0 unspecified atom stereocenters. The molecule has 5 heteroatoms. The van der Waals surface area contributed by atoms with Gasteiger partial charge in [0.05, 0.1) is 6.61 Å². The summed E-state index contributed by atoms with van der Waals surface area (Å²) in [6.07, 6.45) is 0. The van der Waals surface area contributed by atoms with Gasteiger partial charge in [0, 0.05) is 18.2 Å². The van der Waals surface area contributed by atoms with Crippen molar-refractivity contribution in [2.45, 2.75) is 13.0 Å². The maximum atomic E-state index is 11.8. The van der Waals surface area contributed by atoms with Crippen LogP contribution in [0.3, 0.4) is 0 Å². The summed E-state index contributed by atoms with van der Waals surface area (Å²) >= 11 is 0. The van der Waals surface area contributed by atoms with E-state index in [1.165, 1.54) is 6.92 Å². The summed E-state index contributed by atoms with van der Waals surface area (Å²) in [7, 11) is 0. The van der Waals surface area contributed by atoms with Gasteiger partial charge in [0.25, 0.3) is 0 Å². The Bertz CT molecular complexity index is 387. The van der Waals surface area contributed by atoms with Crippen molar-refractivity contribution in [2.24, 2.45) is 0 Å². The number of Topliss-reactive ketones (excluding diaryl/α,β-unsaturated/α-hetero) is 1. The van der Waals surface area contributed by atoms with Gasteiger partial charge in [-0.15, -0.1) is 0 Å². The van der Waals surface area contributed by atoms with E-state index in [9.17, 15) is 9.59 Å².